The number of nitrogens with one attached hydrogen (secondary N) is 1. The molecule has 1 N–H and O–H groups in total. The molecule has 2 amide bonds. The van der Waals surface area contributed by atoms with E-state index in [9.17, 15) is 9.59 Å². The predicted molar refractivity (Wildman–Crippen MR) is 98.8 cm³/mol. The van der Waals surface area contributed by atoms with Crippen molar-refractivity contribution in [2.75, 3.05) is 22.5 Å². The van der Waals surface area contributed by atoms with Gasteiger partial charge in [0.25, 0.3) is 0 Å². The van der Waals surface area contributed by atoms with Gasteiger partial charge in [-0.2, -0.15) is 0 Å². The predicted octanol–water partition coefficient (Wildman–Crippen LogP) is 4.20. The summed E-state index contributed by atoms with van der Waals surface area (Å²) >= 11 is 7.56. The lowest BCUT2D eigenvalue weighted by atomic mass is 10.1. The maximum atomic E-state index is 12.5. The standard InChI is InChI=1S/C18H17ClN2O2S/c19-13-7-9-14(10-8-13)24-11-3-6-18(23)21-12-17(22)20-15-4-1-2-5-16(15)21/h1-2,4-5,7-10H,3,6,11-12H2,(H,20,22). The molecule has 2 aromatic carbocycles. The van der Waals surface area contributed by atoms with Crippen molar-refractivity contribution in [3.8, 4) is 0 Å². The summed E-state index contributed by atoms with van der Waals surface area (Å²) < 4.78 is 0. The zero-order valence-corrected chi connectivity index (χ0v) is 14.6. The van der Waals surface area contributed by atoms with Gasteiger partial charge < -0.3 is 10.2 Å². The summed E-state index contributed by atoms with van der Waals surface area (Å²) in [5.74, 6) is 0.668. The molecule has 0 aromatic heterocycles. The number of amides is 2. The van der Waals surface area contributed by atoms with Crippen molar-refractivity contribution in [2.24, 2.45) is 0 Å². The fourth-order valence-electron chi connectivity index (χ4n) is 2.53. The number of nitrogens with zero attached hydrogens (tertiary/aromatic N) is 1. The largest absolute Gasteiger partial charge is 0.323 e. The molecule has 6 heteroatoms. The van der Waals surface area contributed by atoms with Crippen molar-refractivity contribution < 1.29 is 9.59 Å². The first-order chi connectivity index (χ1) is 11.6. The number of carbonyl (C=O) groups excluding carboxylic acids is 2. The van der Waals surface area contributed by atoms with Crippen LogP contribution in [0.2, 0.25) is 5.02 Å². The Bertz CT molecular complexity index is 749. The Morgan fingerprint density at radius 2 is 1.92 bits per heavy atom. The molecular weight excluding hydrogens is 344 g/mol. The second kappa shape index (κ2) is 7.73. The molecule has 0 atom stereocenters. The minimum atomic E-state index is -0.155. The van der Waals surface area contributed by atoms with Crippen molar-refractivity contribution in [2.45, 2.75) is 17.7 Å². The highest BCUT2D eigenvalue weighted by Crippen LogP contribution is 2.29. The minimum Gasteiger partial charge on any atom is -0.323 e. The molecule has 1 aliphatic heterocycles. The zero-order chi connectivity index (χ0) is 16.9. The quantitative estimate of drug-likeness (QED) is 0.642. The van der Waals surface area contributed by atoms with Gasteiger partial charge in [-0.15, -0.1) is 11.8 Å². The van der Waals surface area contributed by atoms with Crippen LogP contribution in [0, 0.1) is 0 Å². The van der Waals surface area contributed by atoms with Crippen molar-refractivity contribution in [1.82, 2.24) is 0 Å². The van der Waals surface area contributed by atoms with Crippen molar-refractivity contribution in [3.05, 3.63) is 53.6 Å². The number of halogens is 1. The molecule has 124 valence electrons. The number of hydrogen-bond donors (Lipinski definition) is 1. The van der Waals surface area contributed by atoms with Crippen molar-refractivity contribution in [3.63, 3.8) is 0 Å². The molecule has 0 unspecified atom stereocenters. The molecule has 0 aliphatic carbocycles. The molecule has 4 nitrogen and oxygen atoms in total. The Kier molecular flexibility index (Phi) is 5.43. The van der Waals surface area contributed by atoms with Crippen LogP contribution in [0.25, 0.3) is 0 Å². The first kappa shape index (κ1) is 16.9. The van der Waals surface area contributed by atoms with Crippen LogP contribution in [-0.4, -0.2) is 24.1 Å². The van der Waals surface area contributed by atoms with E-state index >= 15 is 0 Å². The topological polar surface area (TPSA) is 49.4 Å². The summed E-state index contributed by atoms with van der Waals surface area (Å²) in [6.45, 7) is 0.0835. The van der Waals surface area contributed by atoms with Gasteiger partial charge in [0.05, 0.1) is 11.4 Å². The number of hydrogen-bond acceptors (Lipinski definition) is 3. The van der Waals surface area contributed by atoms with E-state index in [2.05, 4.69) is 5.32 Å². The number of carbonyl (C=O) groups is 2. The van der Waals surface area contributed by atoms with E-state index in [-0.39, 0.29) is 18.4 Å². The van der Waals surface area contributed by atoms with Crippen LogP contribution in [0.15, 0.2) is 53.4 Å². The molecule has 0 fully saturated rings. The van der Waals surface area contributed by atoms with E-state index < -0.39 is 0 Å². The summed E-state index contributed by atoms with van der Waals surface area (Å²) in [5.41, 5.74) is 1.46. The number of anilines is 2. The van der Waals surface area contributed by atoms with Crippen LogP contribution in [0.3, 0.4) is 0 Å². The number of para-hydroxylation sites is 2. The molecule has 2 aromatic rings. The first-order valence-corrected chi connectivity index (χ1v) is 9.07. The lowest BCUT2D eigenvalue weighted by Gasteiger charge is -2.29. The summed E-state index contributed by atoms with van der Waals surface area (Å²) in [6.07, 6.45) is 1.18. The normalized spacial score (nSPS) is 13.4. The molecule has 1 heterocycles. The van der Waals surface area contributed by atoms with Gasteiger partial charge in [-0.1, -0.05) is 23.7 Å². The maximum Gasteiger partial charge on any atom is 0.244 e. The molecule has 24 heavy (non-hydrogen) atoms. The molecule has 0 saturated heterocycles. The summed E-state index contributed by atoms with van der Waals surface area (Å²) in [4.78, 5) is 26.9. The van der Waals surface area contributed by atoms with Gasteiger partial charge in [-0.25, -0.2) is 0 Å². The fraction of sp³-hybridized carbons (Fsp3) is 0.222. The van der Waals surface area contributed by atoms with Crippen LogP contribution < -0.4 is 10.2 Å². The van der Waals surface area contributed by atoms with Gasteiger partial charge in [-0.3, -0.25) is 9.59 Å². The van der Waals surface area contributed by atoms with Gasteiger partial charge in [0.1, 0.15) is 6.54 Å². The Hall–Kier alpha value is -1.98. The van der Waals surface area contributed by atoms with Crippen LogP contribution >= 0.6 is 23.4 Å². The highest BCUT2D eigenvalue weighted by molar-refractivity contribution is 7.99. The molecule has 0 radical (unpaired) electrons. The zero-order valence-electron chi connectivity index (χ0n) is 13.0. The Balaban J connectivity index is 1.54. The fourth-order valence-corrected chi connectivity index (χ4v) is 3.51. The lowest BCUT2D eigenvalue weighted by molar-refractivity contribution is -0.121. The third-order valence-corrected chi connectivity index (χ3v) is 5.04. The average Bonchev–Trinajstić information content (AvgIpc) is 2.59. The second-order valence-electron chi connectivity index (χ2n) is 5.45. The number of rotatable bonds is 5. The number of benzene rings is 2. The Morgan fingerprint density at radius 1 is 1.17 bits per heavy atom. The maximum absolute atomic E-state index is 12.5. The van der Waals surface area contributed by atoms with E-state index in [4.69, 9.17) is 11.6 Å². The molecule has 0 spiro atoms. The lowest BCUT2D eigenvalue weighted by Crippen LogP contribution is -2.42. The Labute approximate surface area is 150 Å². The van der Waals surface area contributed by atoms with E-state index in [0.717, 1.165) is 27.8 Å². The van der Waals surface area contributed by atoms with Gasteiger partial charge >= 0.3 is 0 Å². The SMILES string of the molecule is O=C1CN(C(=O)CCCSc2ccc(Cl)cc2)c2ccccc2N1. The highest BCUT2D eigenvalue weighted by Gasteiger charge is 2.25. The van der Waals surface area contributed by atoms with Gasteiger partial charge in [0.15, 0.2) is 0 Å². The van der Waals surface area contributed by atoms with Gasteiger partial charge in [-0.05, 0) is 48.6 Å². The van der Waals surface area contributed by atoms with E-state index in [0.29, 0.717) is 12.1 Å². The molecule has 3 rings (SSSR count). The summed E-state index contributed by atoms with van der Waals surface area (Å²) in [6, 6.07) is 15.0. The highest BCUT2D eigenvalue weighted by atomic mass is 35.5. The smallest absolute Gasteiger partial charge is 0.244 e. The van der Waals surface area contributed by atoms with Crippen LogP contribution in [0.1, 0.15) is 12.8 Å². The third kappa shape index (κ3) is 4.10. The molecule has 0 bridgehead atoms. The summed E-state index contributed by atoms with van der Waals surface area (Å²) in [7, 11) is 0. The summed E-state index contributed by atoms with van der Waals surface area (Å²) in [5, 5.41) is 3.51. The van der Waals surface area contributed by atoms with E-state index in [1.807, 2.05) is 48.5 Å². The molecular formula is C18H17ClN2O2S. The van der Waals surface area contributed by atoms with Crippen LogP contribution in [0.5, 0.6) is 0 Å². The third-order valence-electron chi connectivity index (χ3n) is 3.69. The monoisotopic (exact) mass is 360 g/mol. The Morgan fingerprint density at radius 3 is 2.71 bits per heavy atom. The first-order valence-electron chi connectivity index (χ1n) is 7.71. The minimum absolute atomic E-state index is 0.0194. The van der Waals surface area contributed by atoms with Crippen LogP contribution in [0.4, 0.5) is 11.4 Å². The average molecular weight is 361 g/mol. The van der Waals surface area contributed by atoms with Gasteiger partial charge in [0, 0.05) is 16.3 Å². The molecule has 1 aliphatic rings. The van der Waals surface area contributed by atoms with Gasteiger partial charge in [0.2, 0.25) is 11.8 Å². The van der Waals surface area contributed by atoms with E-state index in [1.165, 1.54) is 0 Å². The number of thioether (sulfide) groups is 1. The second-order valence-corrected chi connectivity index (χ2v) is 7.06. The van der Waals surface area contributed by atoms with Crippen molar-refractivity contribution >= 4 is 46.6 Å². The van der Waals surface area contributed by atoms with Crippen LogP contribution in [-0.2, 0) is 9.59 Å². The van der Waals surface area contributed by atoms with E-state index in [1.54, 1.807) is 16.7 Å². The van der Waals surface area contributed by atoms with Crippen molar-refractivity contribution in [1.29, 1.82) is 0 Å². The number of fused-ring (bicyclic) bond motifs is 1. The molecule has 0 saturated carbocycles.